The minimum atomic E-state index is 0.802. The summed E-state index contributed by atoms with van der Waals surface area (Å²) >= 11 is 0. The van der Waals surface area contributed by atoms with E-state index in [-0.39, 0.29) is 0 Å². The zero-order valence-corrected chi connectivity index (χ0v) is 44.7. The molecule has 82 heavy (non-hydrogen) atoms. The second-order valence-electron chi connectivity index (χ2n) is 22.6. The molecule has 19 aromatic rings. The first-order valence-electron chi connectivity index (χ1n) is 28.2. The van der Waals surface area contributed by atoms with E-state index in [4.69, 9.17) is 8.83 Å². The van der Waals surface area contributed by atoms with E-state index in [1.54, 1.807) is 0 Å². The van der Waals surface area contributed by atoms with Crippen LogP contribution in [0.2, 0.25) is 0 Å². The smallest absolute Gasteiger partial charge is 0.139 e. The van der Waals surface area contributed by atoms with Gasteiger partial charge in [-0.3, -0.25) is 0 Å². The number of furan rings is 2. The summed E-state index contributed by atoms with van der Waals surface area (Å²) in [6.07, 6.45) is 0. The molecule has 6 heterocycles. The van der Waals surface area contributed by atoms with E-state index < -0.39 is 0 Å². The van der Waals surface area contributed by atoms with E-state index in [0.717, 1.165) is 99.5 Å². The summed E-state index contributed by atoms with van der Waals surface area (Å²) in [5.41, 5.74) is 19.8. The van der Waals surface area contributed by atoms with Gasteiger partial charge in [-0.15, -0.1) is 0 Å². The Morgan fingerprint density at radius 3 is 0.988 bits per heavy atom. The normalized spacial score (nSPS) is 12.5. The van der Waals surface area contributed by atoms with E-state index in [1.165, 1.54) is 87.3 Å². The Bertz CT molecular complexity index is 5420. The van der Waals surface area contributed by atoms with Gasteiger partial charge in [-0.05, 0) is 162 Å². The monoisotopic (exact) mass is 1050 g/mol. The molecule has 0 spiro atoms. The second-order valence-corrected chi connectivity index (χ2v) is 22.6. The Hall–Kier alpha value is -10.8. The molecular formula is C76H46N4O2. The van der Waals surface area contributed by atoms with Gasteiger partial charge in [0.25, 0.3) is 0 Å². The van der Waals surface area contributed by atoms with Gasteiger partial charge in [-0.2, -0.15) is 0 Å². The molecule has 0 saturated heterocycles. The first kappa shape index (κ1) is 44.1. The van der Waals surface area contributed by atoms with Crippen LogP contribution in [-0.2, 0) is 0 Å². The highest BCUT2D eigenvalue weighted by atomic mass is 16.3. The van der Waals surface area contributed by atoms with Crippen molar-refractivity contribution in [3.63, 3.8) is 0 Å². The molecule has 382 valence electrons. The predicted octanol–water partition coefficient (Wildman–Crippen LogP) is 21.6. The van der Waals surface area contributed by atoms with Crippen LogP contribution in [0.5, 0.6) is 0 Å². The topological polar surface area (TPSA) is 41.6 Å². The fraction of sp³-hybridized carbons (Fsp3) is 0.0263. The van der Waals surface area contributed by atoms with Crippen LogP contribution in [0.4, 0.5) is 34.1 Å². The summed E-state index contributed by atoms with van der Waals surface area (Å²) in [4.78, 5) is 4.86. The lowest BCUT2D eigenvalue weighted by atomic mass is 10.0. The minimum absolute atomic E-state index is 0.802. The average Bonchev–Trinajstić information content (AvgIpc) is 3.95. The number of benzene rings is 13. The predicted molar refractivity (Wildman–Crippen MR) is 344 cm³/mol. The molecule has 0 aliphatic heterocycles. The minimum Gasteiger partial charge on any atom is -0.456 e. The van der Waals surface area contributed by atoms with Crippen molar-refractivity contribution in [2.75, 3.05) is 9.80 Å². The van der Waals surface area contributed by atoms with Gasteiger partial charge in [0.1, 0.15) is 22.3 Å². The van der Waals surface area contributed by atoms with Crippen LogP contribution in [0.25, 0.3) is 142 Å². The highest BCUT2D eigenvalue weighted by molar-refractivity contribution is 6.27. The number of hydrogen-bond acceptors (Lipinski definition) is 4. The lowest BCUT2D eigenvalue weighted by Crippen LogP contribution is -2.11. The molecule has 0 amide bonds. The van der Waals surface area contributed by atoms with Crippen molar-refractivity contribution in [3.05, 3.63) is 254 Å². The van der Waals surface area contributed by atoms with E-state index in [2.05, 4.69) is 275 Å². The summed E-state index contributed by atoms with van der Waals surface area (Å²) in [5, 5.41) is 18.8. The number of hydrogen-bond donors (Lipinski definition) is 0. The van der Waals surface area contributed by atoms with Gasteiger partial charge in [-0.1, -0.05) is 121 Å². The molecule has 6 heteroatoms. The molecule has 6 nitrogen and oxygen atoms in total. The molecule has 0 aliphatic rings. The third-order valence-corrected chi connectivity index (χ3v) is 18.1. The van der Waals surface area contributed by atoms with Gasteiger partial charge in [0.15, 0.2) is 0 Å². The molecular weight excluding hydrogens is 1000 g/mol. The first-order chi connectivity index (χ1) is 40.5. The summed E-state index contributed by atoms with van der Waals surface area (Å²) < 4.78 is 18.5. The number of nitrogens with zero attached hydrogens (tertiary/aromatic N) is 4. The summed E-state index contributed by atoms with van der Waals surface area (Å²) in [6, 6.07) is 89.3. The molecule has 0 aliphatic carbocycles. The van der Waals surface area contributed by atoms with Crippen LogP contribution in [0.15, 0.2) is 251 Å². The number of para-hydroxylation sites is 6. The van der Waals surface area contributed by atoms with Gasteiger partial charge in [0.2, 0.25) is 0 Å². The van der Waals surface area contributed by atoms with Gasteiger partial charge >= 0.3 is 0 Å². The van der Waals surface area contributed by atoms with Crippen LogP contribution in [0.3, 0.4) is 0 Å². The average molecular weight is 1050 g/mol. The summed E-state index contributed by atoms with van der Waals surface area (Å²) in [7, 11) is 0. The Morgan fingerprint density at radius 2 is 0.598 bits per heavy atom. The van der Waals surface area contributed by atoms with Crippen molar-refractivity contribution in [2.45, 2.75) is 13.8 Å². The summed E-state index contributed by atoms with van der Waals surface area (Å²) in [5.74, 6) is 0. The van der Waals surface area contributed by atoms with Crippen molar-refractivity contribution < 1.29 is 8.83 Å². The fourth-order valence-electron chi connectivity index (χ4n) is 14.4. The molecule has 19 rings (SSSR count). The Labute approximate surface area is 468 Å². The number of aryl methyl sites for hydroxylation is 2. The van der Waals surface area contributed by atoms with E-state index in [9.17, 15) is 0 Å². The molecule has 0 fully saturated rings. The molecule has 0 bridgehead atoms. The molecule has 0 radical (unpaired) electrons. The number of aromatic nitrogens is 2. The molecule has 0 saturated carbocycles. The Kier molecular flexibility index (Phi) is 8.57. The van der Waals surface area contributed by atoms with Crippen LogP contribution < -0.4 is 9.80 Å². The molecule has 0 N–H and O–H groups in total. The van der Waals surface area contributed by atoms with E-state index in [0.29, 0.717) is 0 Å². The van der Waals surface area contributed by atoms with Crippen molar-refractivity contribution >= 4 is 176 Å². The van der Waals surface area contributed by atoms with Crippen molar-refractivity contribution in [2.24, 2.45) is 0 Å². The van der Waals surface area contributed by atoms with Gasteiger partial charge < -0.3 is 27.4 Å². The van der Waals surface area contributed by atoms with Crippen LogP contribution in [0.1, 0.15) is 11.1 Å². The van der Waals surface area contributed by atoms with E-state index >= 15 is 0 Å². The largest absolute Gasteiger partial charge is 0.456 e. The van der Waals surface area contributed by atoms with Crippen LogP contribution >= 0.6 is 0 Å². The van der Waals surface area contributed by atoms with Crippen LogP contribution in [0, 0.1) is 13.8 Å². The quantitative estimate of drug-likeness (QED) is 0.166. The van der Waals surface area contributed by atoms with Gasteiger partial charge in [0, 0.05) is 105 Å². The maximum atomic E-state index is 6.82. The van der Waals surface area contributed by atoms with Gasteiger partial charge in [-0.25, -0.2) is 0 Å². The number of rotatable bonds is 6. The molecule has 13 aromatic carbocycles. The first-order valence-corrected chi connectivity index (χ1v) is 28.2. The van der Waals surface area contributed by atoms with Crippen molar-refractivity contribution in [1.29, 1.82) is 0 Å². The lowest BCUT2D eigenvalue weighted by Gasteiger charge is -2.27. The van der Waals surface area contributed by atoms with Crippen molar-refractivity contribution in [1.82, 2.24) is 8.80 Å². The SMILES string of the molecule is Cc1ccccc1N(c1ccc2cc3c(cc2c1)oc1cc2oc4cc5cc(N(c6cc7c8ccccc8n8c9ccccc9c(c6)c78)c6ccccc6C)ccc5cc4c2cc13)c1cc2c3ccccc3n3c4ccccc4c(c1)c23. The molecule has 0 unspecified atom stereocenters. The third kappa shape index (κ3) is 5.91. The van der Waals surface area contributed by atoms with Crippen molar-refractivity contribution in [3.8, 4) is 0 Å². The molecule has 6 aromatic heterocycles. The number of anilines is 6. The number of fused-ring (bicyclic) bond motifs is 20. The Morgan fingerprint density at radius 1 is 0.256 bits per heavy atom. The third-order valence-electron chi connectivity index (χ3n) is 18.1. The Balaban J connectivity index is 0.734. The zero-order valence-electron chi connectivity index (χ0n) is 44.7. The maximum Gasteiger partial charge on any atom is 0.139 e. The summed E-state index contributed by atoms with van der Waals surface area (Å²) in [6.45, 7) is 4.41. The van der Waals surface area contributed by atoms with Crippen LogP contribution in [-0.4, -0.2) is 8.80 Å². The lowest BCUT2D eigenvalue weighted by molar-refractivity contribution is 0.656. The molecule has 0 atom stereocenters. The fourth-order valence-corrected chi connectivity index (χ4v) is 14.4. The maximum absolute atomic E-state index is 6.82. The van der Waals surface area contributed by atoms with E-state index in [1.807, 2.05) is 0 Å². The standard InChI is InChI=1S/C76H46N4O2/c1-43-15-3-9-21-65(43)77(51-37-61-53-17-5-11-23-67(53)79-68-24-12-6-18-54(68)62(38-51)75(61)79)49-29-27-45-33-57-59-41-60-58-34-46-28-30-50(32-48(46)36-72(58)82-74(60)42-73(59)81-71(57)35-47(45)31-49)78(66-22-10-4-16-44(66)2)52-39-63-55-19-7-13-25-69(55)80-70-26-14-8-20-56(70)64(40-52)76(63)80/h3-42H,1-2H3. The highest BCUT2D eigenvalue weighted by Crippen LogP contribution is 2.49. The highest BCUT2D eigenvalue weighted by Gasteiger charge is 2.25. The zero-order chi connectivity index (χ0) is 53.6. The second kappa shape index (κ2) is 15.9. The van der Waals surface area contributed by atoms with Gasteiger partial charge in [0.05, 0.1) is 33.1 Å².